The lowest BCUT2D eigenvalue weighted by Crippen LogP contribution is -2.20. The van der Waals surface area contributed by atoms with Gasteiger partial charge in [0.15, 0.2) is 0 Å². The van der Waals surface area contributed by atoms with Crippen LogP contribution in [0.3, 0.4) is 0 Å². The number of ether oxygens (including phenoxy) is 1. The lowest BCUT2D eigenvalue weighted by Gasteiger charge is -2.23. The Balaban J connectivity index is 2.06. The highest BCUT2D eigenvalue weighted by molar-refractivity contribution is 5.43. The molecule has 0 radical (unpaired) electrons. The van der Waals surface area contributed by atoms with Crippen molar-refractivity contribution in [2.45, 2.75) is 45.1 Å². The van der Waals surface area contributed by atoms with Crippen molar-refractivity contribution in [3.8, 4) is 5.88 Å². The molecule has 0 aliphatic heterocycles. The maximum Gasteiger partial charge on any atom is 0.221 e. The van der Waals surface area contributed by atoms with Gasteiger partial charge in [-0.25, -0.2) is 9.97 Å². The van der Waals surface area contributed by atoms with Gasteiger partial charge in [-0.1, -0.05) is 6.42 Å². The number of nitrogens with zero attached hydrogens (tertiary/aromatic N) is 2. The van der Waals surface area contributed by atoms with E-state index in [0.29, 0.717) is 17.8 Å². The summed E-state index contributed by atoms with van der Waals surface area (Å²) in [6.45, 7) is 1.90. The average Bonchev–Trinajstić information content (AvgIpc) is 2.26. The summed E-state index contributed by atoms with van der Waals surface area (Å²) < 4.78 is 5.84. The highest BCUT2D eigenvalue weighted by Crippen LogP contribution is 2.25. The van der Waals surface area contributed by atoms with Crippen molar-refractivity contribution < 1.29 is 4.74 Å². The van der Waals surface area contributed by atoms with E-state index in [-0.39, 0.29) is 0 Å². The number of aromatic nitrogens is 2. The lowest BCUT2D eigenvalue weighted by molar-refractivity contribution is 0.147. The van der Waals surface area contributed by atoms with E-state index in [1.54, 1.807) is 0 Å². The van der Waals surface area contributed by atoms with Gasteiger partial charge in [0.05, 0.1) is 5.56 Å². The van der Waals surface area contributed by atoms with Crippen LogP contribution >= 0.6 is 0 Å². The molecule has 82 valence electrons. The zero-order valence-corrected chi connectivity index (χ0v) is 9.07. The summed E-state index contributed by atoms with van der Waals surface area (Å²) in [6, 6.07) is 0. The largest absolute Gasteiger partial charge is 0.474 e. The molecule has 0 bridgehead atoms. The van der Waals surface area contributed by atoms with Crippen LogP contribution in [0.5, 0.6) is 5.88 Å². The first-order valence-corrected chi connectivity index (χ1v) is 5.51. The lowest BCUT2D eigenvalue weighted by atomic mass is 9.98. The standard InChI is InChI=1S/C11H17N3O/c1-8-10(12)13-7-14-11(8)15-9-5-3-2-4-6-9/h7,9H,2-6H2,1H3,(H2,12,13,14). The third-order valence-corrected chi connectivity index (χ3v) is 2.91. The van der Waals surface area contributed by atoms with Crippen LogP contribution in [0.1, 0.15) is 37.7 Å². The number of rotatable bonds is 2. The first-order chi connectivity index (χ1) is 7.27. The van der Waals surface area contributed by atoms with Gasteiger partial charge in [-0.2, -0.15) is 0 Å². The predicted molar refractivity (Wildman–Crippen MR) is 58.7 cm³/mol. The average molecular weight is 207 g/mol. The third-order valence-electron chi connectivity index (χ3n) is 2.91. The number of nitrogens with two attached hydrogens (primary N) is 1. The molecule has 0 amide bonds. The van der Waals surface area contributed by atoms with Crippen molar-refractivity contribution >= 4 is 5.82 Å². The van der Waals surface area contributed by atoms with E-state index in [1.807, 2.05) is 6.92 Å². The molecule has 0 aromatic carbocycles. The van der Waals surface area contributed by atoms with Crippen molar-refractivity contribution in [2.24, 2.45) is 0 Å². The fraction of sp³-hybridized carbons (Fsp3) is 0.636. The fourth-order valence-corrected chi connectivity index (χ4v) is 1.91. The van der Waals surface area contributed by atoms with Gasteiger partial charge in [0.25, 0.3) is 0 Å². The van der Waals surface area contributed by atoms with Crippen molar-refractivity contribution in [2.75, 3.05) is 5.73 Å². The Bertz CT molecular complexity index is 335. The molecule has 4 heteroatoms. The van der Waals surface area contributed by atoms with Crippen LogP contribution in [0.25, 0.3) is 0 Å². The van der Waals surface area contributed by atoms with Crippen LogP contribution in [0, 0.1) is 6.92 Å². The SMILES string of the molecule is Cc1c(N)ncnc1OC1CCCCC1. The van der Waals surface area contributed by atoms with Crippen LogP contribution in [0.4, 0.5) is 5.82 Å². The molecular weight excluding hydrogens is 190 g/mol. The van der Waals surface area contributed by atoms with Crippen LogP contribution in [-0.4, -0.2) is 16.1 Å². The first kappa shape index (κ1) is 10.2. The molecule has 0 saturated heterocycles. The minimum Gasteiger partial charge on any atom is -0.474 e. The summed E-state index contributed by atoms with van der Waals surface area (Å²) in [7, 11) is 0. The molecule has 1 heterocycles. The molecule has 2 rings (SSSR count). The van der Waals surface area contributed by atoms with Crippen molar-refractivity contribution in [3.05, 3.63) is 11.9 Å². The summed E-state index contributed by atoms with van der Waals surface area (Å²) in [5.74, 6) is 1.16. The van der Waals surface area contributed by atoms with E-state index < -0.39 is 0 Å². The maximum absolute atomic E-state index is 5.84. The third kappa shape index (κ3) is 2.37. The zero-order chi connectivity index (χ0) is 10.7. The summed E-state index contributed by atoms with van der Waals surface area (Å²) >= 11 is 0. The molecule has 15 heavy (non-hydrogen) atoms. The number of hydrogen-bond acceptors (Lipinski definition) is 4. The summed E-state index contributed by atoms with van der Waals surface area (Å²) in [5, 5.41) is 0. The molecule has 1 aliphatic rings. The van der Waals surface area contributed by atoms with Gasteiger partial charge in [0.1, 0.15) is 18.2 Å². The monoisotopic (exact) mass is 207 g/mol. The Kier molecular flexibility index (Phi) is 3.04. The smallest absolute Gasteiger partial charge is 0.221 e. The molecular formula is C11H17N3O. The minimum atomic E-state index is 0.312. The quantitative estimate of drug-likeness (QED) is 0.806. The number of nitrogen functional groups attached to an aromatic ring is 1. The second-order valence-electron chi connectivity index (χ2n) is 4.07. The summed E-state index contributed by atoms with van der Waals surface area (Å²) in [4.78, 5) is 8.04. The Morgan fingerprint density at radius 1 is 1.27 bits per heavy atom. The molecule has 1 aliphatic carbocycles. The summed E-state index contributed by atoms with van der Waals surface area (Å²) in [6.07, 6.45) is 7.86. The molecule has 0 atom stereocenters. The van der Waals surface area contributed by atoms with Crippen LogP contribution in [-0.2, 0) is 0 Å². The van der Waals surface area contributed by atoms with E-state index >= 15 is 0 Å². The van der Waals surface area contributed by atoms with Gasteiger partial charge < -0.3 is 10.5 Å². The fourth-order valence-electron chi connectivity index (χ4n) is 1.91. The molecule has 1 aromatic rings. The highest BCUT2D eigenvalue weighted by Gasteiger charge is 2.17. The van der Waals surface area contributed by atoms with Crippen molar-refractivity contribution in [1.82, 2.24) is 9.97 Å². The molecule has 2 N–H and O–H groups in total. The van der Waals surface area contributed by atoms with Crippen molar-refractivity contribution in [1.29, 1.82) is 0 Å². The molecule has 0 unspecified atom stereocenters. The first-order valence-electron chi connectivity index (χ1n) is 5.51. The minimum absolute atomic E-state index is 0.312. The molecule has 4 nitrogen and oxygen atoms in total. The van der Waals surface area contributed by atoms with Gasteiger partial charge in [-0.05, 0) is 32.6 Å². The second kappa shape index (κ2) is 4.47. The molecule has 1 saturated carbocycles. The van der Waals surface area contributed by atoms with Gasteiger partial charge in [-0.15, -0.1) is 0 Å². The van der Waals surface area contributed by atoms with Gasteiger partial charge in [0.2, 0.25) is 5.88 Å². The summed E-state index contributed by atoms with van der Waals surface area (Å²) in [5.41, 5.74) is 6.54. The van der Waals surface area contributed by atoms with Gasteiger partial charge in [-0.3, -0.25) is 0 Å². The van der Waals surface area contributed by atoms with Crippen LogP contribution in [0.15, 0.2) is 6.33 Å². The Morgan fingerprint density at radius 3 is 2.73 bits per heavy atom. The highest BCUT2D eigenvalue weighted by atomic mass is 16.5. The van der Waals surface area contributed by atoms with E-state index in [2.05, 4.69) is 9.97 Å². The van der Waals surface area contributed by atoms with Crippen LogP contribution < -0.4 is 10.5 Å². The van der Waals surface area contributed by atoms with Crippen molar-refractivity contribution in [3.63, 3.8) is 0 Å². The van der Waals surface area contributed by atoms with E-state index in [0.717, 1.165) is 18.4 Å². The molecule has 0 spiro atoms. The van der Waals surface area contributed by atoms with Gasteiger partial charge in [0, 0.05) is 0 Å². The number of hydrogen-bond donors (Lipinski definition) is 1. The zero-order valence-electron chi connectivity index (χ0n) is 9.07. The van der Waals surface area contributed by atoms with E-state index in [1.165, 1.54) is 25.6 Å². The topological polar surface area (TPSA) is 61.0 Å². The molecule has 1 aromatic heterocycles. The Labute approximate surface area is 89.9 Å². The second-order valence-corrected chi connectivity index (χ2v) is 4.07. The maximum atomic E-state index is 5.84. The van der Waals surface area contributed by atoms with Crippen LogP contribution in [0.2, 0.25) is 0 Å². The van der Waals surface area contributed by atoms with Gasteiger partial charge >= 0.3 is 0 Å². The molecule has 1 fully saturated rings. The normalized spacial score (nSPS) is 17.7. The Morgan fingerprint density at radius 2 is 2.00 bits per heavy atom. The number of anilines is 1. The van der Waals surface area contributed by atoms with E-state index in [9.17, 15) is 0 Å². The van der Waals surface area contributed by atoms with E-state index in [4.69, 9.17) is 10.5 Å². The Hall–Kier alpha value is -1.32. The predicted octanol–water partition coefficient (Wildman–Crippen LogP) is 2.08.